The van der Waals surface area contributed by atoms with Crippen molar-refractivity contribution in [2.75, 3.05) is 6.54 Å². The van der Waals surface area contributed by atoms with E-state index in [1.807, 2.05) is 6.07 Å². The summed E-state index contributed by atoms with van der Waals surface area (Å²) in [5, 5.41) is 26.1. The minimum absolute atomic E-state index is 0.0603. The van der Waals surface area contributed by atoms with Crippen molar-refractivity contribution >= 4 is 0 Å². The Morgan fingerprint density at radius 2 is 2.16 bits per heavy atom. The van der Waals surface area contributed by atoms with E-state index >= 15 is 0 Å². The van der Waals surface area contributed by atoms with E-state index in [0.717, 1.165) is 49.3 Å². The first kappa shape index (κ1) is 14.6. The van der Waals surface area contributed by atoms with Crippen LogP contribution in [0.3, 0.4) is 0 Å². The lowest BCUT2D eigenvalue weighted by molar-refractivity contribution is -0.147. The molecule has 0 amide bonds. The summed E-state index contributed by atoms with van der Waals surface area (Å²) in [4.78, 5) is 0. The molecule has 4 nitrogen and oxygen atoms in total. The van der Waals surface area contributed by atoms with Gasteiger partial charge in [-0.05, 0) is 61.3 Å². The highest BCUT2D eigenvalue weighted by molar-refractivity contribution is 5.64. The number of hydrogen-bond acceptors (Lipinski definition) is 4. The highest BCUT2D eigenvalue weighted by atomic mass is 16.5. The monoisotopic (exact) mass is 339 g/mol. The number of benzene rings is 1. The number of phenolic OH excluding ortho intramolecular Hbond substituents is 1. The van der Waals surface area contributed by atoms with Gasteiger partial charge in [0, 0.05) is 11.6 Å². The normalized spacial score (nSPS) is 43.6. The second-order valence-electron chi connectivity index (χ2n) is 8.96. The number of piperidine rings is 1. The molecule has 3 aliphatic carbocycles. The zero-order valence-electron chi connectivity index (χ0n) is 14.4. The topological polar surface area (TPSA) is 61.7 Å². The molecule has 132 valence electrons. The molecule has 2 bridgehead atoms. The third-order valence-corrected chi connectivity index (χ3v) is 7.77. The number of phenols is 1. The minimum atomic E-state index is -0.817. The quantitative estimate of drug-likeness (QED) is 0.724. The van der Waals surface area contributed by atoms with Gasteiger partial charge in [0.25, 0.3) is 0 Å². The standard InChI is InChI=1S/C21H25NO3/c1-11-14(8-12-2-3-12)10-21(24)16-9-13-4-5-15(23)18-17(13)20(21,6-7-22-16)19(11)25-18/h4-5,12,14,16,19,22-24H,1-3,6-10H2/t14?,16-,19?,20+,21?/m1/s1. The largest absolute Gasteiger partial charge is 0.504 e. The molecule has 1 saturated heterocycles. The van der Waals surface area contributed by atoms with Crippen molar-refractivity contribution in [1.82, 2.24) is 5.32 Å². The second kappa shape index (κ2) is 4.41. The molecule has 1 spiro atoms. The molecule has 5 aliphatic rings. The van der Waals surface area contributed by atoms with Crippen LogP contribution in [0.5, 0.6) is 11.5 Å². The van der Waals surface area contributed by atoms with Crippen molar-refractivity contribution in [2.45, 2.75) is 61.7 Å². The van der Waals surface area contributed by atoms with Crippen molar-refractivity contribution in [3.8, 4) is 11.5 Å². The molecular weight excluding hydrogens is 314 g/mol. The summed E-state index contributed by atoms with van der Waals surface area (Å²) in [7, 11) is 0. The fourth-order valence-corrected chi connectivity index (χ4v) is 6.47. The zero-order valence-corrected chi connectivity index (χ0v) is 14.4. The Morgan fingerprint density at radius 1 is 1.32 bits per heavy atom. The van der Waals surface area contributed by atoms with Crippen molar-refractivity contribution in [2.24, 2.45) is 11.8 Å². The van der Waals surface area contributed by atoms with Crippen LogP contribution in [-0.2, 0) is 11.8 Å². The Labute approximate surface area is 147 Å². The molecule has 2 aliphatic heterocycles. The molecule has 3 unspecified atom stereocenters. The smallest absolute Gasteiger partial charge is 0.166 e. The number of nitrogens with one attached hydrogen (secondary N) is 1. The first-order valence-corrected chi connectivity index (χ1v) is 9.71. The van der Waals surface area contributed by atoms with E-state index in [2.05, 4.69) is 11.9 Å². The van der Waals surface area contributed by atoms with E-state index < -0.39 is 11.0 Å². The Bertz CT molecular complexity index is 801. The molecule has 3 N–H and O–H groups in total. The fraction of sp³-hybridized carbons (Fsp3) is 0.619. The van der Waals surface area contributed by atoms with Gasteiger partial charge in [0.2, 0.25) is 0 Å². The Kier molecular flexibility index (Phi) is 2.58. The van der Waals surface area contributed by atoms with Gasteiger partial charge in [-0.3, -0.25) is 0 Å². The van der Waals surface area contributed by atoms with E-state index in [4.69, 9.17) is 4.74 Å². The number of rotatable bonds is 2. The molecule has 0 aromatic heterocycles. The fourth-order valence-electron chi connectivity index (χ4n) is 6.47. The predicted octanol–water partition coefficient (Wildman–Crippen LogP) is 2.42. The summed E-state index contributed by atoms with van der Waals surface area (Å²) in [6.45, 7) is 5.33. The van der Waals surface area contributed by atoms with Crippen LogP contribution in [0.4, 0.5) is 0 Å². The Hall–Kier alpha value is -1.52. The molecule has 3 fully saturated rings. The first-order valence-electron chi connectivity index (χ1n) is 9.71. The number of aromatic hydroxyl groups is 1. The first-order chi connectivity index (χ1) is 12.0. The van der Waals surface area contributed by atoms with Crippen LogP contribution in [0.1, 0.15) is 43.2 Å². The predicted molar refractivity (Wildman–Crippen MR) is 93.9 cm³/mol. The van der Waals surface area contributed by atoms with Gasteiger partial charge in [-0.1, -0.05) is 25.5 Å². The van der Waals surface area contributed by atoms with Crippen LogP contribution < -0.4 is 10.1 Å². The van der Waals surface area contributed by atoms with Gasteiger partial charge in [-0.25, -0.2) is 0 Å². The molecule has 2 saturated carbocycles. The van der Waals surface area contributed by atoms with Crippen LogP contribution in [0, 0.1) is 11.8 Å². The summed E-state index contributed by atoms with van der Waals surface area (Å²) in [5.41, 5.74) is 2.17. The van der Waals surface area contributed by atoms with Crippen LogP contribution >= 0.6 is 0 Å². The summed E-state index contributed by atoms with van der Waals surface area (Å²) < 4.78 is 6.38. The van der Waals surface area contributed by atoms with Crippen molar-refractivity contribution in [3.63, 3.8) is 0 Å². The summed E-state index contributed by atoms with van der Waals surface area (Å²) in [6.07, 6.45) is 5.95. The van der Waals surface area contributed by atoms with E-state index in [-0.39, 0.29) is 17.9 Å². The molecule has 2 heterocycles. The van der Waals surface area contributed by atoms with Crippen molar-refractivity contribution < 1.29 is 14.9 Å². The molecule has 0 radical (unpaired) electrons. The SMILES string of the molecule is C=C1C(CC2CC2)CC2(O)[C@H]3Cc4ccc(O)c5c4[C@@]2(CCN3)C1O5. The lowest BCUT2D eigenvalue weighted by Gasteiger charge is -2.62. The molecule has 5 atom stereocenters. The van der Waals surface area contributed by atoms with Crippen LogP contribution in [0.2, 0.25) is 0 Å². The second-order valence-corrected chi connectivity index (χ2v) is 8.96. The molecule has 1 aromatic rings. The van der Waals surface area contributed by atoms with E-state index in [1.54, 1.807) is 6.07 Å². The van der Waals surface area contributed by atoms with Gasteiger partial charge in [0.1, 0.15) is 6.10 Å². The summed E-state index contributed by atoms with van der Waals surface area (Å²) in [6, 6.07) is 3.82. The maximum Gasteiger partial charge on any atom is 0.166 e. The lowest BCUT2D eigenvalue weighted by atomic mass is 9.47. The number of ether oxygens (including phenoxy) is 1. The van der Waals surface area contributed by atoms with E-state index in [0.29, 0.717) is 11.7 Å². The average molecular weight is 339 g/mol. The molecule has 6 rings (SSSR count). The van der Waals surface area contributed by atoms with E-state index in [1.165, 1.54) is 18.4 Å². The maximum atomic E-state index is 12.1. The molecule has 1 aromatic carbocycles. The molecule has 25 heavy (non-hydrogen) atoms. The van der Waals surface area contributed by atoms with Gasteiger partial charge >= 0.3 is 0 Å². The third-order valence-electron chi connectivity index (χ3n) is 7.77. The maximum absolute atomic E-state index is 12.1. The van der Waals surface area contributed by atoms with Crippen molar-refractivity contribution in [3.05, 3.63) is 35.4 Å². The third kappa shape index (κ3) is 1.57. The Morgan fingerprint density at radius 3 is 2.96 bits per heavy atom. The van der Waals surface area contributed by atoms with Crippen LogP contribution in [0.25, 0.3) is 0 Å². The number of aliphatic hydroxyl groups is 1. The lowest BCUT2D eigenvalue weighted by Crippen LogP contribution is -2.75. The zero-order chi connectivity index (χ0) is 17.0. The van der Waals surface area contributed by atoms with Crippen LogP contribution in [0.15, 0.2) is 24.3 Å². The molecular formula is C21H25NO3. The summed E-state index contributed by atoms with van der Waals surface area (Å²) in [5.74, 6) is 1.92. The van der Waals surface area contributed by atoms with Gasteiger partial charge in [-0.2, -0.15) is 0 Å². The molecule has 4 heteroatoms. The average Bonchev–Trinajstić information content (AvgIpc) is 3.31. The summed E-state index contributed by atoms with van der Waals surface area (Å²) >= 11 is 0. The minimum Gasteiger partial charge on any atom is -0.504 e. The van der Waals surface area contributed by atoms with Gasteiger partial charge < -0.3 is 20.3 Å². The Balaban J connectivity index is 1.58. The van der Waals surface area contributed by atoms with Crippen molar-refractivity contribution in [1.29, 1.82) is 0 Å². The van der Waals surface area contributed by atoms with Gasteiger partial charge in [0.05, 0.1) is 11.0 Å². The highest BCUT2D eigenvalue weighted by Crippen LogP contribution is 2.66. The van der Waals surface area contributed by atoms with Crippen LogP contribution in [-0.4, -0.2) is 34.5 Å². The number of hydrogen-bond donors (Lipinski definition) is 3. The highest BCUT2D eigenvalue weighted by Gasteiger charge is 2.72. The van der Waals surface area contributed by atoms with E-state index in [9.17, 15) is 10.2 Å². The van der Waals surface area contributed by atoms with Gasteiger partial charge in [0.15, 0.2) is 11.5 Å². The van der Waals surface area contributed by atoms with Gasteiger partial charge in [-0.15, -0.1) is 0 Å².